The fraction of sp³-hybridized carbons (Fsp3) is 0.889. The second-order valence-corrected chi connectivity index (χ2v) is 7.98. The van der Waals surface area contributed by atoms with Crippen molar-refractivity contribution in [3.8, 4) is 0 Å². The lowest BCUT2D eigenvalue weighted by Gasteiger charge is -2.40. The summed E-state index contributed by atoms with van der Waals surface area (Å²) in [5.74, 6) is 0. The quantitative estimate of drug-likeness (QED) is 0.707. The van der Waals surface area contributed by atoms with Crippen molar-refractivity contribution in [3.05, 3.63) is 0 Å². The third-order valence-corrected chi connectivity index (χ3v) is 6.81. The van der Waals surface area contributed by atoms with Crippen LogP contribution in [0.25, 0.3) is 0 Å². The number of nitrogens with one attached hydrogen (secondary N) is 1. The molecule has 94 valence electrons. The molecule has 1 fully saturated rings. The Hall–Kier alpha value is 0.150. The number of hydrogen-bond donors (Lipinski definition) is 2. The molecule has 4 nitrogen and oxygen atoms in total. The summed E-state index contributed by atoms with van der Waals surface area (Å²) in [6.07, 6.45) is 5.33. The maximum Gasteiger partial charge on any atom is 0.220 e. The second kappa shape index (κ2) is 5.20. The van der Waals surface area contributed by atoms with Gasteiger partial charge in [0.05, 0.1) is 4.99 Å². The van der Waals surface area contributed by atoms with Crippen LogP contribution < -0.4 is 10.5 Å². The molecule has 1 rings (SSSR count). The first-order valence-corrected chi connectivity index (χ1v) is 8.34. The van der Waals surface area contributed by atoms with Gasteiger partial charge in [-0.15, -0.1) is 0 Å². The lowest BCUT2D eigenvalue weighted by atomic mass is 9.84. The van der Waals surface area contributed by atoms with Crippen molar-refractivity contribution in [2.45, 2.75) is 36.2 Å². The van der Waals surface area contributed by atoms with Crippen LogP contribution in [0.3, 0.4) is 0 Å². The van der Waals surface area contributed by atoms with E-state index in [0.29, 0.717) is 6.54 Å². The van der Waals surface area contributed by atoms with Gasteiger partial charge in [0.2, 0.25) is 10.0 Å². The van der Waals surface area contributed by atoms with E-state index in [1.54, 1.807) is 11.8 Å². The van der Waals surface area contributed by atoms with E-state index < -0.39 is 15.3 Å². The van der Waals surface area contributed by atoms with Crippen molar-refractivity contribution in [1.29, 1.82) is 0 Å². The minimum atomic E-state index is -3.41. The van der Waals surface area contributed by atoms with Gasteiger partial charge in [-0.25, -0.2) is 13.1 Å². The molecule has 16 heavy (non-hydrogen) atoms. The third-order valence-electron chi connectivity index (χ3n) is 3.16. The van der Waals surface area contributed by atoms with Crippen molar-refractivity contribution in [2.75, 3.05) is 12.8 Å². The highest BCUT2D eigenvalue weighted by molar-refractivity contribution is 8.00. The number of rotatable bonds is 6. The molecule has 0 aromatic rings. The van der Waals surface area contributed by atoms with Crippen molar-refractivity contribution >= 4 is 39.0 Å². The van der Waals surface area contributed by atoms with Gasteiger partial charge in [0, 0.05) is 11.3 Å². The summed E-state index contributed by atoms with van der Waals surface area (Å²) in [4.78, 5) is 0.0133. The Morgan fingerprint density at radius 1 is 1.62 bits per heavy atom. The molecule has 0 spiro atoms. The molecule has 3 N–H and O–H groups in total. The molecule has 0 amide bonds. The molecule has 1 unspecified atom stereocenters. The van der Waals surface area contributed by atoms with E-state index in [9.17, 15) is 8.42 Å². The highest BCUT2D eigenvalue weighted by atomic mass is 32.2. The molecular weight excluding hydrogens is 264 g/mol. The maximum atomic E-state index is 11.8. The predicted octanol–water partition coefficient (Wildman–Crippen LogP) is 0.866. The van der Waals surface area contributed by atoms with Crippen LogP contribution in [0.4, 0.5) is 0 Å². The summed E-state index contributed by atoms with van der Waals surface area (Å²) in [5, 5.41) is -0.804. The summed E-state index contributed by atoms with van der Waals surface area (Å²) in [6.45, 7) is 1.99. The van der Waals surface area contributed by atoms with Crippen LogP contribution in [-0.2, 0) is 10.0 Å². The fourth-order valence-electron chi connectivity index (χ4n) is 1.53. The monoisotopic (exact) mass is 282 g/mol. The van der Waals surface area contributed by atoms with Crippen LogP contribution in [0.15, 0.2) is 0 Å². The minimum absolute atomic E-state index is 0.0133. The van der Waals surface area contributed by atoms with E-state index in [2.05, 4.69) is 4.72 Å². The van der Waals surface area contributed by atoms with E-state index >= 15 is 0 Å². The van der Waals surface area contributed by atoms with Crippen LogP contribution in [0, 0.1) is 0 Å². The standard InChI is InChI=1S/C9H18N2O2S3/c1-7(8(10)14)16(12,13)11-6-9(15-2)4-3-5-9/h7,11H,3-6H2,1-2H3,(H2,10,14). The molecule has 0 aliphatic heterocycles. The largest absolute Gasteiger partial charge is 0.392 e. The Morgan fingerprint density at radius 2 is 2.19 bits per heavy atom. The summed E-state index contributed by atoms with van der Waals surface area (Å²) in [6, 6.07) is 0. The van der Waals surface area contributed by atoms with Crippen LogP contribution in [0.5, 0.6) is 0 Å². The summed E-state index contributed by atoms with van der Waals surface area (Å²) in [5.41, 5.74) is 5.35. The van der Waals surface area contributed by atoms with Gasteiger partial charge in [-0.3, -0.25) is 0 Å². The summed E-state index contributed by atoms with van der Waals surface area (Å²) < 4.78 is 26.3. The minimum Gasteiger partial charge on any atom is -0.392 e. The normalized spacial score (nSPS) is 21.1. The number of hydrogen-bond acceptors (Lipinski definition) is 4. The van der Waals surface area contributed by atoms with Crippen LogP contribution in [-0.4, -0.2) is 36.2 Å². The molecule has 1 aliphatic rings. The van der Waals surface area contributed by atoms with Crippen LogP contribution in [0.1, 0.15) is 26.2 Å². The van der Waals surface area contributed by atoms with E-state index in [0.717, 1.165) is 12.8 Å². The molecular formula is C9H18N2O2S3. The van der Waals surface area contributed by atoms with Crippen LogP contribution >= 0.6 is 24.0 Å². The Bertz CT molecular complexity index is 357. The Balaban J connectivity index is 2.57. The molecule has 7 heteroatoms. The zero-order chi connectivity index (χ0) is 12.4. The topological polar surface area (TPSA) is 72.2 Å². The predicted molar refractivity (Wildman–Crippen MR) is 73.3 cm³/mol. The lowest BCUT2D eigenvalue weighted by Crippen LogP contribution is -2.48. The molecule has 0 bridgehead atoms. The SMILES string of the molecule is CSC1(CNS(=O)(=O)C(C)C(N)=S)CCC1. The van der Waals surface area contributed by atoms with Crippen molar-refractivity contribution in [1.82, 2.24) is 4.72 Å². The first-order chi connectivity index (χ1) is 7.33. The molecule has 0 aromatic carbocycles. The Kier molecular flexibility index (Phi) is 4.62. The van der Waals surface area contributed by atoms with Gasteiger partial charge in [-0.1, -0.05) is 18.6 Å². The highest BCUT2D eigenvalue weighted by Crippen LogP contribution is 2.42. The number of sulfonamides is 1. The molecule has 0 heterocycles. The van der Waals surface area contributed by atoms with Gasteiger partial charge in [0.25, 0.3) is 0 Å². The van der Waals surface area contributed by atoms with Gasteiger partial charge in [0.1, 0.15) is 5.25 Å². The molecule has 1 saturated carbocycles. The van der Waals surface area contributed by atoms with Crippen LogP contribution in [0.2, 0.25) is 0 Å². The molecule has 0 saturated heterocycles. The lowest BCUT2D eigenvalue weighted by molar-refractivity contribution is 0.361. The molecule has 1 atom stereocenters. The van der Waals surface area contributed by atoms with Gasteiger partial charge in [-0.05, 0) is 26.0 Å². The van der Waals surface area contributed by atoms with Gasteiger partial charge >= 0.3 is 0 Å². The first kappa shape index (κ1) is 14.2. The number of nitrogens with two attached hydrogens (primary N) is 1. The van der Waals surface area contributed by atoms with Gasteiger partial charge < -0.3 is 5.73 Å². The van der Waals surface area contributed by atoms with Crippen molar-refractivity contribution in [2.24, 2.45) is 5.73 Å². The first-order valence-electron chi connectivity index (χ1n) is 5.16. The average molecular weight is 282 g/mol. The van der Waals surface area contributed by atoms with E-state index in [4.69, 9.17) is 18.0 Å². The zero-order valence-corrected chi connectivity index (χ0v) is 12.0. The third kappa shape index (κ3) is 3.09. The van der Waals surface area contributed by atoms with E-state index in [-0.39, 0.29) is 9.74 Å². The van der Waals surface area contributed by atoms with E-state index in [1.165, 1.54) is 13.3 Å². The summed E-state index contributed by atoms with van der Waals surface area (Å²) in [7, 11) is -3.41. The smallest absolute Gasteiger partial charge is 0.220 e. The Labute approximate surface area is 107 Å². The zero-order valence-electron chi connectivity index (χ0n) is 9.52. The molecule has 0 radical (unpaired) electrons. The number of thiocarbonyl (C=S) groups is 1. The highest BCUT2D eigenvalue weighted by Gasteiger charge is 2.37. The second-order valence-electron chi connectivity index (χ2n) is 4.15. The Morgan fingerprint density at radius 3 is 2.50 bits per heavy atom. The van der Waals surface area contributed by atoms with E-state index in [1.807, 2.05) is 6.26 Å². The van der Waals surface area contributed by atoms with Gasteiger partial charge in [0.15, 0.2) is 0 Å². The van der Waals surface area contributed by atoms with Gasteiger partial charge in [-0.2, -0.15) is 11.8 Å². The fourth-order valence-corrected chi connectivity index (χ4v) is 3.95. The number of thioether (sulfide) groups is 1. The van der Waals surface area contributed by atoms with Crippen molar-refractivity contribution in [3.63, 3.8) is 0 Å². The van der Waals surface area contributed by atoms with Crippen molar-refractivity contribution < 1.29 is 8.42 Å². The molecule has 1 aliphatic carbocycles. The molecule has 0 aromatic heterocycles. The maximum absolute atomic E-state index is 11.8. The summed E-state index contributed by atoms with van der Waals surface area (Å²) >= 11 is 6.43. The average Bonchev–Trinajstić information content (AvgIpc) is 2.15.